The van der Waals surface area contributed by atoms with Gasteiger partial charge in [-0.3, -0.25) is 4.68 Å². The van der Waals surface area contributed by atoms with Crippen LogP contribution in [0, 0.1) is 5.82 Å². The fraction of sp³-hybridized carbons (Fsp3) is 0.182. The smallest absolute Gasteiger partial charge is 0.132 e. The molecule has 4 heteroatoms. The zero-order valence-electron chi connectivity index (χ0n) is 8.44. The van der Waals surface area contributed by atoms with Crippen molar-refractivity contribution in [3.63, 3.8) is 0 Å². The number of nitrogens with zero attached hydrogens (tertiary/aromatic N) is 2. The highest BCUT2D eigenvalue weighted by Crippen LogP contribution is 2.27. The summed E-state index contributed by atoms with van der Waals surface area (Å²) in [6.07, 6.45) is 1.55. The Bertz CT molecular complexity index is 476. The van der Waals surface area contributed by atoms with Gasteiger partial charge in [-0.15, -0.1) is 0 Å². The second-order valence-corrected chi connectivity index (χ2v) is 3.24. The van der Waals surface area contributed by atoms with Gasteiger partial charge in [-0.1, -0.05) is 12.1 Å². The van der Waals surface area contributed by atoms with Gasteiger partial charge in [-0.05, 0) is 19.1 Å². The predicted molar refractivity (Wildman–Crippen MR) is 57.7 cm³/mol. The van der Waals surface area contributed by atoms with Crippen molar-refractivity contribution in [3.8, 4) is 11.3 Å². The van der Waals surface area contributed by atoms with E-state index in [4.69, 9.17) is 5.73 Å². The van der Waals surface area contributed by atoms with Crippen molar-refractivity contribution in [2.45, 2.75) is 13.5 Å². The topological polar surface area (TPSA) is 43.8 Å². The first-order valence-corrected chi connectivity index (χ1v) is 4.80. The summed E-state index contributed by atoms with van der Waals surface area (Å²) in [5.74, 6) is -0.278. The number of aromatic nitrogens is 2. The number of rotatable bonds is 2. The number of nitrogen functional groups attached to an aromatic ring is 1. The maximum Gasteiger partial charge on any atom is 0.132 e. The van der Waals surface area contributed by atoms with Crippen LogP contribution in [0.1, 0.15) is 6.92 Å². The number of anilines is 1. The van der Waals surface area contributed by atoms with E-state index in [1.807, 2.05) is 6.92 Å². The molecule has 0 spiro atoms. The van der Waals surface area contributed by atoms with Crippen molar-refractivity contribution < 1.29 is 4.39 Å². The second-order valence-electron chi connectivity index (χ2n) is 3.24. The van der Waals surface area contributed by atoms with Crippen LogP contribution in [-0.4, -0.2) is 9.78 Å². The summed E-state index contributed by atoms with van der Waals surface area (Å²) < 4.78 is 15.2. The predicted octanol–water partition coefficient (Wildman–Crippen LogP) is 2.29. The lowest BCUT2D eigenvalue weighted by molar-refractivity contribution is 0.621. The highest BCUT2D eigenvalue weighted by atomic mass is 19.1. The third-order valence-corrected chi connectivity index (χ3v) is 2.30. The summed E-state index contributed by atoms with van der Waals surface area (Å²) in [5.41, 5.74) is 7.41. The molecule has 0 aliphatic rings. The molecule has 0 aliphatic carbocycles. The molecule has 3 nitrogen and oxygen atoms in total. The van der Waals surface area contributed by atoms with E-state index in [0.29, 0.717) is 23.5 Å². The van der Waals surface area contributed by atoms with Crippen LogP contribution in [0.25, 0.3) is 11.3 Å². The number of hydrogen-bond acceptors (Lipinski definition) is 2. The Morgan fingerprint density at radius 2 is 2.13 bits per heavy atom. The quantitative estimate of drug-likeness (QED) is 0.817. The van der Waals surface area contributed by atoms with Crippen LogP contribution in [0.4, 0.5) is 10.1 Å². The molecule has 78 valence electrons. The summed E-state index contributed by atoms with van der Waals surface area (Å²) in [5, 5.41) is 4.08. The zero-order valence-corrected chi connectivity index (χ0v) is 8.44. The first kappa shape index (κ1) is 9.71. The van der Waals surface area contributed by atoms with E-state index in [9.17, 15) is 4.39 Å². The van der Waals surface area contributed by atoms with E-state index < -0.39 is 0 Å². The Balaban J connectivity index is 2.63. The van der Waals surface area contributed by atoms with Crippen molar-refractivity contribution in [2.75, 3.05) is 5.73 Å². The highest BCUT2D eigenvalue weighted by Gasteiger charge is 2.12. The molecule has 0 aliphatic heterocycles. The molecular weight excluding hydrogens is 193 g/mol. The van der Waals surface area contributed by atoms with E-state index >= 15 is 0 Å². The summed E-state index contributed by atoms with van der Waals surface area (Å²) in [4.78, 5) is 0. The molecule has 0 fully saturated rings. The number of halogens is 1. The Hall–Kier alpha value is -1.84. The highest BCUT2D eigenvalue weighted by molar-refractivity contribution is 5.72. The van der Waals surface area contributed by atoms with Crippen LogP contribution in [0.15, 0.2) is 30.5 Å². The minimum atomic E-state index is -0.278. The van der Waals surface area contributed by atoms with Gasteiger partial charge in [0.15, 0.2) is 0 Å². The monoisotopic (exact) mass is 205 g/mol. The van der Waals surface area contributed by atoms with Crippen LogP contribution in [0.5, 0.6) is 0 Å². The van der Waals surface area contributed by atoms with Gasteiger partial charge >= 0.3 is 0 Å². The lowest BCUT2D eigenvalue weighted by atomic mass is 10.1. The molecule has 0 saturated heterocycles. The van der Waals surface area contributed by atoms with Crippen molar-refractivity contribution >= 4 is 5.69 Å². The van der Waals surface area contributed by atoms with E-state index in [1.165, 1.54) is 6.07 Å². The first-order chi connectivity index (χ1) is 7.24. The van der Waals surface area contributed by atoms with Crippen LogP contribution in [0.2, 0.25) is 0 Å². The first-order valence-electron chi connectivity index (χ1n) is 4.80. The Morgan fingerprint density at radius 1 is 1.40 bits per heavy atom. The molecule has 1 heterocycles. The fourth-order valence-electron chi connectivity index (χ4n) is 1.59. The van der Waals surface area contributed by atoms with Crippen LogP contribution in [0.3, 0.4) is 0 Å². The lowest BCUT2D eigenvalue weighted by Crippen LogP contribution is -2.01. The molecular formula is C11H12FN3. The van der Waals surface area contributed by atoms with Gasteiger partial charge in [0.2, 0.25) is 0 Å². The van der Waals surface area contributed by atoms with Gasteiger partial charge in [-0.2, -0.15) is 5.10 Å². The zero-order chi connectivity index (χ0) is 10.8. The number of aryl methyl sites for hydroxylation is 1. The molecule has 2 aromatic rings. The molecule has 0 radical (unpaired) electrons. The normalized spacial score (nSPS) is 10.5. The molecule has 0 unspecified atom stereocenters. The SMILES string of the molecule is CCn1ncc(N)c1-c1ccccc1F. The van der Waals surface area contributed by atoms with Crippen LogP contribution < -0.4 is 5.73 Å². The average Bonchev–Trinajstić information content (AvgIpc) is 2.60. The van der Waals surface area contributed by atoms with Crippen molar-refractivity contribution in [1.29, 1.82) is 0 Å². The summed E-state index contributed by atoms with van der Waals surface area (Å²) in [6.45, 7) is 2.61. The lowest BCUT2D eigenvalue weighted by Gasteiger charge is -2.06. The van der Waals surface area contributed by atoms with Crippen molar-refractivity contribution in [1.82, 2.24) is 9.78 Å². The van der Waals surface area contributed by atoms with Gasteiger partial charge in [0, 0.05) is 12.1 Å². The maximum atomic E-state index is 13.6. The van der Waals surface area contributed by atoms with Gasteiger partial charge < -0.3 is 5.73 Å². The van der Waals surface area contributed by atoms with Gasteiger partial charge in [-0.25, -0.2) is 4.39 Å². The maximum absolute atomic E-state index is 13.6. The van der Waals surface area contributed by atoms with Gasteiger partial charge in [0.1, 0.15) is 5.82 Å². The minimum absolute atomic E-state index is 0.278. The van der Waals surface area contributed by atoms with Crippen molar-refractivity contribution in [3.05, 3.63) is 36.3 Å². The molecule has 2 N–H and O–H groups in total. The Kier molecular flexibility index (Phi) is 2.41. The van der Waals surface area contributed by atoms with Crippen molar-refractivity contribution in [2.24, 2.45) is 0 Å². The van der Waals surface area contributed by atoms with E-state index in [1.54, 1.807) is 29.1 Å². The summed E-state index contributed by atoms with van der Waals surface area (Å²) in [7, 11) is 0. The van der Waals surface area contributed by atoms with Crippen LogP contribution in [-0.2, 0) is 6.54 Å². The second kappa shape index (κ2) is 3.73. The standard InChI is InChI=1S/C11H12FN3/c1-2-15-11(10(13)7-14-15)8-5-3-4-6-9(8)12/h3-7H,2,13H2,1H3. The molecule has 0 amide bonds. The third-order valence-electron chi connectivity index (χ3n) is 2.30. The molecule has 0 bridgehead atoms. The van der Waals surface area contributed by atoms with Crippen LogP contribution >= 0.6 is 0 Å². The molecule has 0 atom stereocenters. The molecule has 1 aromatic carbocycles. The van der Waals surface area contributed by atoms with Gasteiger partial charge in [0.25, 0.3) is 0 Å². The Labute approximate surface area is 87.3 Å². The van der Waals surface area contributed by atoms with E-state index in [2.05, 4.69) is 5.10 Å². The largest absolute Gasteiger partial charge is 0.396 e. The fourth-order valence-corrected chi connectivity index (χ4v) is 1.59. The number of nitrogens with two attached hydrogens (primary N) is 1. The van der Waals surface area contributed by atoms with E-state index in [0.717, 1.165) is 0 Å². The molecule has 15 heavy (non-hydrogen) atoms. The number of benzene rings is 1. The average molecular weight is 205 g/mol. The Morgan fingerprint density at radius 3 is 2.80 bits per heavy atom. The van der Waals surface area contributed by atoms with E-state index in [-0.39, 0.29) is 5.82 Å². The molecule has 0 saturated carbocycles. The number of hydrogen-bond donors (Lipinski definition) is 1. The summed E-state index contributed by atoms with van der Waals surface area (Å²) >= 11 is 0. The van der Waals surface area contributed by atoms with Gasteiger partial charge in [0.05, 0.1) is 17.6 Å². The third kappa shape index (κ3) is 1.58. The minimum Gasteiger partial charge on any atom is -0.396 e. The molecule has 2 rings (SSSR count). The summed E-state index contributed by atoms with van der Waals surface area (Å²) in [6, 6.07) is 6.56. The molecule has 1 aromatic heterocycles.